The lowest BCUT2D eigenvalue weighted by atomic mass is 9.78. The van der Waals surface area contributed by atoms with Gasteiger partial charge < -0.3 is 10.4 Å². The van der Waals surface area contributed by atoms with Crippen LogP contribution in [0, 0.1) is 11.8 Å². The quantitative estimate of drug-likeness (QED) is 0.290. The van der Waals surface area contributed by atoms with Crippen LogP contribution in [0.4, 0.5) is 5.69 Å². The number of hydrogen-bond acceptors (Lipinski definition) is 4. The summed E-state index contributed by atoms with van der Waals surface area (Å²) in [7, 11) is 0. The number of thiazole rings is 1. The van der Waals surface area contributed by atoms with E-state index in [1.807, 2.05) is 36.4 Å². The maximum absolute atomic E-state index is 12.7. The summed E-state index contributed by atoms with van der Waals surface area (Å²) < 4.78 is 0. The van der Waals surface area contributed by atoms with E-state index in [1.54, 1.807) is 11.3 Å². The summed E-state index contributed by atoms with van der Waals surface area (Å²) in [6.07, 6.45) is 5.06. The fourth-order valence-corrected chi connectivity index (χ4v) is 5.84. The van der Waals surface area contributed by atoms with Crippen molar-refractivity contribution in [1.29, 1.82) is 0 Å². The molecule has 1 aliphatic carbocycles. The monoisotopic (exact) mass is 484 g/mol. The van der Waals surface area contributed by atoms with Crippen molar-refractivity contribution in [3.05, 3.63) is 72.1 Å². The lowest BCUT2D eigenvalue weighted by molar-refractivity contribution is -0.146. The van der Waals surface area contributed by atoms with Crippen molar-refractivity contribution >= 4 is 39.7 Å². The summed E-state index contributed by atoms with van der Waals surface area (Å²) in [6.45, 7) is 0. The largest absolute Gasteiger partial charge is 0.481 e. The number of anilines is 1. The van der Waals surface area contributed by atoms with E-state index in [0.717, 1.165) is 64.7 Å². The molecule has 178 valence electrons. The van der Waals surface area contributed by atoms with Crippen molar-refractivity contribution in [1.82, 2.24) is 4.98 Å². The molecule has 1 aliphatic rings. The van der Waals surface area contributed by atoms with Crippen molar-refractivity contribution in [2.45, 2.75) is 38.5 Å². The van der Waals surface area contributed by atoms with Crippen LogP contribution in [-0.4, -0.2) is 22.0 Å². The van der Waals surface area contributed by atoms with Crippen molar-refractivity contribution in [2.75, 3.05) is 5.32 Å². The average Bonchev–Trinajstić information content (AvgIpc) is 3.38. The van der Waals surface area contributed by atoms with Crippen LogP contribution in [0.3, 0.4) is 0 Å². The van der Waals surface area contributed by atoms with Gasteiger partial charge in [-0.05, 0) is 47.7 Å². The average molecular weight is 485 g/mol. The Morgan fingerprint density at radius 1 is 0.943 bits per heavy atom. The maximum atomic E-state index is 12.7. The van der Waals surface area contributed by atoms with Gasteiger partial charge in [0, 0.05) is 28.6 Å². The van der Waals surface area contributed by atoms with Crippen molar-refractivity contribution in [2.24, 2.45) is 11.8 Å². The summed E-state index contributed by atoms with van der Waals surface area (Å²) in [5.41, 5.74) is 3.75. The van der Waals surface area contributed by atoms with E-state index in [2.05, 4.69) is 41.0 Å². The fraction of sp³-hybridized carbons (Fsp3) is 0.276. The first-order valence-corrected chi connectivity index (χ1v) is 13.0. The number of nitrogens with one attached hydrogen (secondary N) is 1. The third-order valence-corrected chi connectivity index (χ3v) is 7.78. The molecule has 6 heteroatoms. The molecule has 3 aromatic carbocycles. The Kier molecular flexibility index (Phi) is 6.91. The van der Waals surface area contributed by atoms with Crippen LogP contribution in [0.15, 0.2) is 72.1 Å². The van der Waals surface area contributed by atoms with E-state index < -0.39 is 11.9 Å². The molecule has 0 spiro atoms. The van der Waals surface area contributed by atoms with Gasteiger partial charge in [0.25, 0.3) is 0 Å². The smallest absolute Gasteiger partial charge is 0.307 e. The van der Waals surface area contributed by atoms with Crippen molar-refractivity contribution < 1.29 is 14.7 Å². The molecule has 2 N–H and O–H groups in total. The summed E-state index contributed by atoms with van der Waals surface area (Å²) in [5, 5.41) is 17.7. The zero-order chi connectivity index (χ0) is 24.2. The van der Waals surface area contributed by atoms with Gasteiger partial charge in [-0.15, -0.1) is 11.3 Å². The number of benzene rings is 3. The van der Waals surface area contributed by atoms with E-state index in [9.17, 15) is 14.7 Å². The zero-order valence-corrected chi connectivity index (χ0v) is 20.3. The number of carbonyl (C=O) groups excluding carboxylic acids is 1. The maximum Gasteiger partial charge on any atom is 0.307 e. The molecule has 1 amide bonds. The Morgan fingerprint density at radius 3 is 2.49 bits per heavy atom. The molecule has 35 heavy (non-hydrogen) atoms. The Balaban J connectivity index is 1.32. The molecule has 0 aliphatic heterocycles. The Bertz CT molecular complexity index is 1340. The molecule has 1 saturated carbocycles. The van der Waals surface area contributed by atoms with Crippen LogP contribution in [0.25, 0.3) is 32.6 Å². The summed E-state index contributed by atoms with van der Waals surface area (Å²) in [6, 6.07) is 22.1. The van der Waals surface area contributed by atoms with Crippen LogP contribution in [0.2, 0.25) is 0 Å². The predicted octanol–water partition coefficient (Wildman–Crippen LogP) is 7.24. The molecule has 1 atom stereocenters. The topological polar surface area (TPSA) is 79.3 Å². The second kappa shape index (κ2) is 10.4. The minimum absolute atomic E-state index is 0.0133. The molecule has 1 aromatic heterocycles. The summed E-state index contributed by atoms with van der Waals surface area (Å²) in [4.78, 5) is 29.4. The number of nitrogens with zero attached hydrogens (tertiary/aromatic N) is 1. The number of carboxylic acid groups (broad SMARTS) is 1. The van der Waals surface area contributed by atoms with Crippen LogP contribution in [0.1, 0.15) is 38.5 Å². The highest BCUT2D eigenvalue weighted by molar-refractivity contribution is 7.13. The highest BCUT2D eigenvalue weighted by Gasteiger charge is 2.31. The number of rotatable bonds is 7. The van der Waals surface area contributed by atoms with Gasteiger partial charge in [0.2, 0.25) is 5.91 Å². The first-order chi connectivity index (χ1) is 17.1. The lowest BCUT2D eigenvalue weighted by Gasteiger charge is -2.27. The second-order valence-electron chi connectivity index (χ2n) is 9.28. The first-order valence-electron chi connectivity index (χ1n) is 12.1. The van der Waals surface area contributed by atoms with E-state index >= 15 is 0 Å². The van der Waals surface area contributed by atoms with Crippen LogP contribution in [0.5, 0.6) is 0 Å². The molecule has 0 unspecified atom stereocenters. The van der Waals surface area contributed by atoms with Gasteiger partial charge >= 0.3 is 5.97 Å². The predicted molar refractivity (Wildman–Crippen MR) is 141 cm³/mol. The Morgan fingerprint density at radius 2 is 1.71 bits per heavy atom. The second-order valence-corrected chi connectivity index (χ2v) is 10.1. The number of amides is 1. The van der Waals surface area contributed by atoms with Gasteiger partial charge in [0.15, 0.2) is 0 Å². The highest BCUT2D eigenvalue weighted by Crippen LogP contribution is 2.33. The van der Waals surface area contributed by atoms with Gasteiger partial charge in [-0.1, -0.05) is 67.8 Å². The summed E-state index contributed by atoms with van der Waals surface area (Å²) >= 11 is 1.61. The zero-order valence-electron chi connectivity index (χ0n) is 19.4. The van der Waals surface area contributed by atoms with Crippen molar-refractivity contribution in [3.63, 3.8) is 0 Å². The third-order valence-electron chi connectivity index (χ3n) is 6.89. The normalized spacial score (nSPS) is 15.1. The van der Waals surface area contributed by atoms with Gasteiger partial charge in [0.1, 0.15) is 5.01 Å². The molecule has 4 aromatic rings. The summed E-state index contributed by atoms with van der Waals surface area (Å²) in [5.74, 6) is -1.64. The van der Waals surface area contributed by atoms with E-state index in [0.29, 0.717) is 5.69 Å². The van der Waals surface area contributed by atoms with Gasteiger partial charge in [0.05, 0.1) is 11.6 Å². The van der Waals surface area contributed by atoms with Gasteiger partial charge in [-0.2, -0.15) is 0 Å². The van der Waals surface area contributed by atoms with E-state index in [-0.39, 0.29) is 18.2 Å². The van der Waals surface area contributed by atoms with Crippen LogP contribution >= 0.6 is 11.3 Å². The molecule has 1 heterocycles. The molecule has 5 rings (SSSR count). The molecular weight excluding hydrogens is 456 g/mol. The minimum Gasteiger partial charge on any atom is -0.481 e. The molecule has 0 bridgehead atoms. The number of hydrogen-bond donors (Lipinski definition) is 2. The molecule has 1 fully saturated rings. The number of carboxylic acids is 1. The van der Waals surface area contributed by atoms with Crippen LogP contribution in [-0.2, 0) is 9.59 Å². The highest BCUT2D eigenvalue weighted by atomic mass is 32.1. The molecule has 5 nitrogen and oxygen atoms in total. The number of aromatic nitrogens is 1. The minimum atomic E-state index is -0.867. The number of aliphatic carboxylic acids is 1. The first kappa shape index (κ1) is 23.2. The molecular formula is C29H28N2O3S. The molecule has 0 radical (unpaired) electrons. The van der Waals surface area contributed by atoms with Crippen molar-refractivity contribution in [3.8, 4) is 21.8 Å². The van der Waals surface area contributed by atoms with E-state index in [1.165, 1.54) is 0 Å². The Hall–Kier alpha value is -3.51. The third kappa shape index (κ3) is 5.43. The SMILES string of the molecule is O=C(C[C@H](C(=O)O)C1CCCCC1)Nc1ccc2ccc(-c3nc(-c4ccccc4)cs3)cc2c1. The Labute approximate surface area is 208 Å². The van der Waals surface area contributed by atoms with E-state index in [4.69, 9.17) is 4.98 Å². The van der Waals surface area contributed by atoms with Crippen LogP contribution < -0.4 is 5.32 Å². The van der Waals surface area contributed by atoms with Gasteiger partial charge in [-0.25, -0.2) is 4.98 Å². The lowest BCUT2D eigenvalue weighted by Crippen LogP contribution is -2.30. The standard InChI is InChI=1S/C29H28N2O3S/c32-27(17-25(29(33)34)20-7-3-1-4-8-20)30-24-14-13-19-11-12-22(15-23(19)16-24)28-31-26(18-35-28)21-9-5-2-6-10-21/h2,5-6,9-16,18,20,25H,1,3-4,7-8,17H2,(H,30,32)(H,33,34)/t25-/m0/s1. The number of fused-ring (bicyclic) bond motifs is 1. The number of carbonyl (C=O) groups is 2. The molecule has 0 saturated heterocycles. The fourth-order valence-electron chi connectivity index (χ4n) is 5.01. The van der Waals surface area contributed by atoms with Gasteiger partial charge in [-0.3, -0.25) is 9.59 Å².